The molecular formula is C16H20ClN3. The number of nitrogens with zero attached hydrogens (tertiary/aromatic N) is 2. The molecule has 106 valence electrons. The molecule has 0 saturated carbocycles. The molecule has 3 nitrogen and oxygen atoms in total. The van der Waals surface area contributed by atoms with Gasteiger partial charge in [-0.2, -0.15) is 0 Å². The fourth-order valence-corrected chi connectivity index (χ4v) is 2.17. The van der Waals surface area contributed by atoms with Crippen LogP contribution < -0.4 is 5.32 Å². The zero-order valence-corrected chi connectivity index (χ0v) is 12.7. The van der Waals surface area contributed by atoms with E-state index in [1.807, 2.05) is 37.3 Å². The maximum absolute atomic E-state index is 5.90. The normalized spacial score (nSPS) is 10.8. The van der Waals surface area contributed by atoms with Crippen LogP contribution in [0.2, 0.25) is 5.02 Å². The number of hydrogen-bond donors (Lipinski definition) is 1. The van der Waals surface area contributed by atoms with Crippen molar-refractivity contribution in [3.05, 3.63) is 58.1 Å². The second kappa shape index (κ2) is 7.36. The first-order chi connectivity index (χ1) is 9.67. The lowest BCUT2D eigenvalue weighted by Gasteiger charge is -2.07. The van der Waals surface area contributed by atoms with Crippen LogP contribution in [0.1, 0.15) is 36.1 Å². The number of benzene rings is 1. The summed E-state index contributed by atoms with van der Waals surface area (Å²) in [5.41, 5.74) is 3.24. The maximum atomic E-state index is 5.90. The Kier molecular flexibility index (Phi) is 5.50. The molecule has 1 N–H and O–H groups in total. The monoisotopic (exact) mass is 289 g/mol. The lowest BCUT2D eigenvalue weighted by Crippen LogP contribution is -2.16. The molecule has 1 aromatic heterocycles. The molecule has 0 fully saturated rings. The topological polar surface area (TPSA) is 37.8 Å². The van der Waals surface area contributed by atoms with Crippen LogP contribution in [0.5, 0.6) is 0 Å². The van der Waals surface area contributed by atoms with Crippen molar-refractivity contribution in [3.8, 4) is 0 Å². The smallest absolute Gasteiger partial charge is 0.133 e. The van der Waals surface area contributed by atoms with Crippen molar-refractivity contribution in [3.63, 3.8) is 0 Å². The number of nitrogens with one attached hydrogen (secondary N) is 1. The summed E-state index contributed by atoms with van der Waals surface area (Å²) in [5.74, 6) is 0.862. The van der Waals surface area contributed by atoms with Gasteiger partial charge in [-0.25, -0.2) is 9.97 Å². The SMILES string of the molecule is CCCNCc1cc(C)nc(Cc2ccc(Cl)cc2)n1. The summed E-state index contributed by atoms with van der Waals surface area (Å²) in [6, 6.07) is 9.87. The van der Waals surface area contributed by atoms with Crippen LogP contribution in [0.3, 0.4) is 0 Å². The van der Waals surface area contributed by atoms with Crippen LogP contribution in [0.4, 0.5) is 0 Å². The van der Waals surface area contributed by atoms with Crippen LogP contribution in [-0.4, -0.2) is 16.5 Å². The molecule has 0 aliphatic carbocycles. The van der Waals surface area contributed by atoms with E-state index in [0.717, 1.165) is 48.2 Å². The second-order valence-corrected chi connectivity index (χ2v) is 5.33. The fraction of sp³-hybridized carbons (Fsp3) is 0.375. The van der Waals surface area contributed by atoms with Crippen LogP contribution in [0.15, 0.2) is 30.3 Å². The van der Waals surface area contributed by atoms with Gasteiger partial charge in [-0.1, -0.05) is 30.7 Å². The van der Waals surface area contributed by atoms with Crippen molar-refractivity contribution < 1.29 is 0 Å². The molecule has 0 bridgehead atoms. The third-order valence-electron chi connectivity index (χ3n) is 2.96. The van der Waals surface area contributed by atoms with E-state index >= 15 is 0 Å². The molecule has 0 radical (unpaired) electrons. The Labute approximate surface area is 125 Å². The Balaban J connectivity index is 2.09. The Morgan fingerprint density at radius 3 is 2.60 bits per heavy atom. The van der Waals surface area contributed by atoms with Gasteiger partial charge in [0.15, 0.2) is 0 Å². The van der Waals surface area contributed by atoms with Gasteiger partial charge in [-0.15, -0.1) is 0 Å². The summed E-state index contributed by atoms with van der Waals surface area (Å²) in [4.78, 5) is 9.12. The molecule has 0 atom stereocenters. The zero-order chi connectivity index (χ0) is 14.4. The third kappa shape index (κ3) is 4.58. The van der Waals surface area contributed by atoms with E-state index < -0.39 is 0 Å². The van der Waals surface area contributed by atoms with Gasteiger partial charge in [-0.3, -0.25) is 0 Å². The van der Waals surface area contributed by atoms with Gasteiger partial charge in [0.2, 0.25) is 0 Å². The highest BCUT2D eigenvalue weighted by molar-refractivity contribution is 6.30. The number of aromatic nitrogens is 2. The minimum atomic E-state index is 0.736. The van der Waals surface area contributed by atoms with Crippen molar-refractivity contribution in [2.24, 2.45) is 0 Å². The summed E-state index contributed by atoms with van der Waals surface area (Å²) in [7, 11) is 0. The van der Waals surface area contributed by atoms with Crippen molar-refractivity contribution >= 4 is 11.6 Å². The van der Waals surface area contributed by atoms with Crippen LogP contribution in [-0.2, 0) is 13.0 Å². The molecule has 0 aliphatic rings. The minimum absolute atomic E-state index is 0.736. The number of rotatable bonds is 6. The van der Waals surface area contributed by atoms with Gasteiger partial charge in [0.1, 0.15) is 5.82 Å². The maximum Gasteiger partial charge on any atom is 0.133 e. The van der Waals surface area contributed by atoms with Crippen LogP contribution in [0, 0.1) is 6.92 Å². The van der Waals surface area contributed by atoms with E-state index in [1.165, 1.54) is 5.56 Å². The quantitative estimate of drug-likeness (QED) is 0.827. The summed E-state index contributed by atoms with van der Waals surface area (Å²) >= 11 is 5.90. The molecule has 0 amide bonds. The van der Waals surface area contributed by atoms with Crippen molar-refractivity contribution in [1.29, 1.82) is 0 Å². The predicted octanol–water partition coefficient (Wildman–Crippen LogP) is 3.53. The molecule has 4 heteroatoms. The Hall–Kier alpha value is -1.45. The first kappa shape index (κ1) is 14.9. The van der Waals surface area contributed by atoms with Gasteiger partial charge in [0, 0.05) is 23.7 Å². The third-order valence-corrected chi connectivity index (χ3v) is 3.21. The van der Waals surface area contributed by atoms with E-state index in [2.05, 4.69) is 22.2 Å². The highest BCUT2D eigenvalue weighted by Crippen LogP contribution is 2.12. The molecule has 1 heterocycles. The van der Waals surface area contributed by atoms with E-state index in [0.29, 0.717) is 0 Å². The number of hydrogen-bond acceptors (Lipinski definition) is 3. The van der Waals surface area contributed by atoms with Crippen molar-refractivity contribution in [1.82, 2.24) is 15.3 Å². The average molecular weight is 290 g/mol. The Morgan fingerprint density at radius 2 is 1.90 bits per heavy atom. The first-order valence-corrected chi connectivity index (χ1v) is 7.33. The minimum Gasteiger partial charge on any atom is -0.311 e. The van der Waals surface area contributed by atoms with Crippen molar-refractivity contribution in [2.75, 3.05) is 6.54 Å². The van der Waals surface area contributed by atoms with E-state index in [1.54, 1.807) is 0 Å². The Bertz CT molecular complexity index is 552. The zero-order valence-electron chi connectivity index (χ0n) is 12.0. The molecule has 0 aliphatic heterocycles. The average Bonchev–Trinajstić information content (AvgIpc) is 2.41. The molecule has 0 unspecified atom stereocenters. The highest BCUT2D eigenvalue weighted by atomic mass is 35.5. The lowest BCUT2D eigenvalue weighted by atomic mass is 10.1. The summed E-state index contributed by atoms with van der Waals surface area (Å²) in [5, 5.41) is 4.12. The van der Waals surface area contributed by atoms with Crippen LogP contribution >= 0.6 is 11.6 Å². The first-order valence-electron chi connectivity index (χ1n) is 6.96. The van der Waals surface area contributed by atoms with Crippen molar-refractivity contribution in [2.45, 2.75) is 33.2 Å². The van der Waals surface area contributed by atoms with Gasteiger partial charge in [0.25, 0.3) is 0 Å². The summed E-state index contributed by atoms with van der Waals surface area (Å²) < 4.78 is 0. The molecule has 20 heavy (non-hydrogen) atoms. The van der Waals surface area contributed by atoms with Gasteiger partial charge < -0.3 is 5.32 Å². The molecule has 2 aromatic rings. The van der Waals surface area contributed by atoms with Crippen LogP contribution in [0.25, 0.3) is 0 Å². The lowest BCUT2D eigenvalue weighted by molar-refractivity contribution is 0.658. The van der Waals surface area contributed by atoms with Gasteiger partial charge in [-0.05, 0) is 43.7 Å². The second-order valence-electron chi connectivity index (χ2n) is 4.90. The summed E-state index contributed by atoms with van der Waals surface area (Å²) in [6.07, 6.45) is 1.86. The standard InChI is InChI=1S/C16H20ClN3/c1-3-8-18-11-15-9-12(2)19-16(20-15)10-13-4-6-14(17)7-5-13/h4-7,9,18H,3,8,10-11H2,1-2H3. The van der Waals surface area contributed by atoms with E-state index in [9.17, 15) is 0 Å². The molecule has 0 saturated heterocycles. The largest absolute Gasteiger partial charge is 0.311 e. The fourth-order valence-electron chi connectivity index (χ4n) is 2.05. The Morgan fingerprint density at radius 1 is 1.15 bits per heavy atom. The number of aryl methyl sites for hydroxylation is 1. The summed E-state index contributed by atoms with van der Waals surface area (Å²) in [6.45, 7) is 5.97. The van der Waals surface area contributed by atoms with Gasteiger partial charge >= 0.3 is 0 Å². The molecular weight excluding hydrogens is 270 g/mol. The molecule has 2 rings (SSSR count). The van der Waals surface area contributed by atoms with Gasteiger partial charge in [0.05, 0.1) is 5.69 Å². The highest BCUT2D eigenvalue weighted by Gasteiger charge is 2.04. The predicted molar refractivity (Wildman–Crippen MR) is 83.0 cm³/mol. The van der Waals surface area contributed by atoms with E-state index in [4.69, 9.17) is 11.6 Å². The van der Waals surface area contributed by atoms with E-state index in [-0.39, 0.29) is 0 Å². The number of halogens is 1. The molecule has 1 aromatic carbocycles. The molecule has 0 spiro atoms.